The molecule has 1 aromatic rings. The number of rotatable bonds is 4. The number of carbonyl (C=O) groups excluding carboxylic acids is 1. The highest BCUT2D eigenvalue weighted by molar-refractivity contribution is 5.97. The van der Waals surface area contributed by atoms with Gasteiger partial charge in [-0.1, -0.05) is 18.2 Å². The predicted molar refractivity (Wildman–Crippen MR) is 66.0 cm³/mol. The van der Waals surface area contributed by atoms with E-state index in [1.54, 1.807) is 0 Å². The molecule has 0 aliphatic rings. The summed E-state index contributed by atoms with van der Waals surface area (Å²) in [6.45, 7) is 4.84. The summed E-state index contributed by atoms with van der Waals surface area (Å²) in [5.41, 5.74) is 1.13. The van der Waals surface area contributed by atoms with Gasteiger partial charge in [-0.25, -0.2) is 0 Å². The lowest BCUT2D eigenvalue weighted by molar-refractivity contribution is 0.00319. The highest BCUT2D eigenvalue weighted by Crippen LogP contribution is 2.13. The van der Waals surface area contributed by atoms with E-state index in [4.69, 9.17) is 5.11 Å². The molecule has 1 unspecified atom stereocenters. The molecule has 1 amide bonds. The largest absolute Gasteiger partial charge is 0.393 e. The molecular formula is C13H19NO3. The van der Waals surface area contributed by atoms with Crippen LogP contribution >= 0.6 is 0 Å². The highest BCUT2D eigenvalue weighted by Gasteiger charge is 2.21. The van der Waals surface area contributed by atoms with Crippen molar-refractivity contribution in [1.29, 1.82) is 0 Å². The van der Waals surface area contributed by atoms with Crippen molar-refractivity contribution < 1.29 is 15.0 Å². The van der Waals surface area contributed by atoms with Crippen molar-refractivity contribution in [3.05, 3.63) is 34.9 Å². The second kappa shape index (κ2) is 5.29. The molecule has 17 heavy (non-hydrogen) atoms. The Hall–Kier alpha value is -1.39. The maximum Gasteiger partial charge on any atom is 0.251 e. The molecule has 0 spiro atoms. The average molecular weight is 237 g/mol. The van der Waals surface area contributed by atoms with E-state index in [0.717, 1.165) is 11.1 Å². The number of hydrogen-bond acceptors (Lipinski definition) is 3. The van der Waals surface area contributed by atoms with Crippen molar-refractivity contribution >= 4 is 5.91 Å². The molecule has 0 saturated carbocycles. The van der Waals surface area contributed by atoms with E-state index >= 15 is 0 Å². The normalized spacial score (nSPS) is 14.2. The van der Waals surface area contributed by atoms with Crippen LogP contribution in [0.5, 0.6) is 0 Å². The van der Waals surface area contributed by atoms with Crippen molar-refractivity contribution in [1.82, 2.24) is 5.32 Å². The quantitative estimate of drug-likeness (QED) is 0.724. The van der Waals surface area contributed by atoms with Gasteiger partial charge in [0.1, 0.15) is 5.60 Å². The summed E-state index contributed by atoms with van der Waals surface area (Å²) in [6, 6.07) is 5.63. The van der Waals surface area contributed by atoms with Crippen LogP contribution in [0.25, 0.3) is 0 Å². The molecule has 4 nitrogen and oxygen atoms in total. The van der Waals surface area contributed by atoms with Crippen LogP contribution in [0.1, 0.15) is 28.4 Å². The van der Waals surface area contributed by atoms with Gasteiger partial charge in [0, 0.05) is 12.1 Å². The Labute approximate surface area is 101 Å². The molecule has 0 aliphatic carbocycles. The van der Waals surface area contributed by atoms with Gasteiger partial charge in [-0.3, -0.25) is 4.79 Å². The Morgan fingerprint density at radius 3 is 2.35 bits per heavy atom. The Morgan fingerprint density at radius 2 is 1.88 bits per heavy atom. The molecule has 94 valence electrons. The van der Waals surface area contributed by atoms with Gasteiger partial charge >= 0.3 is 0 Å². The summed E-state index contributed by atoms with van der Waals surface area (Å²) in [5, 5.41) is 21.1. The molecule has 0 saturated heterocycles. The fourth-order valence-corrected chi connectivity index (χ4v) is 1.59. The molecule has 1 rings (SSSR count). The third-order valence-corrected chi connectivity index (χ3v) is 2.68. The van der Waals surface area contributed by atoms with Gasteiger partial charge in [0.15, 0.2) is 0 Å². The Balaban J connectivity index is 2.78. The van der Waals surface area contributed by atoms with Crippen molar-refractivity contribution in [2.24, 2.45) is 0 Å². The molecule has 1 aromatic carbocycles. The number of amides is 1. The van der Waals surface area contributed by atoms with E-state index in [0.29, 0.717) is 5.56 Å². The molecule has 0 aliphatic heterocycles. The molecule has 4 heteroatoms. The number of hydrogen-bond donors (Lipinski definition) is 3. The van der Waals surface area contributed by atoms with Crippen LogP contribution in [0, 0.1) is 13.8 Å². The number of aliphatic hydroxyl groups excluding tert-OH is 1. The molecule has 0 heterocycles. The number of aliphatic hydroxyl groups is 2. The lowest BCUT2D eigenvalue weighted by atomic mass is 10.0. The summed E-state index contributed by atoms with van der Waals surface area (Å²) in [5.74, 6) is -0.227. The maximum absolute atomic E-state index is 11.9. The smallest absolute Gasteiger partial charge is 0.251 e. The second-order valence-corrected chi connectivity index (χ2v) is 4.60. The number of benzene rings is 1. The van der Waals surface area contributed by atoms with Crippen LogP contribution in [0.3, 0.4) is 0 Å². The summed E-state index contributed by atoms with van der Waals surface area (Å²) in [4.78, 5) is 11.9. The minimum atomic E-state index is -1.29. The standard InChI is InChI=1S/C13H19NO3/c1-9-5-4-6-10(2)11(9)12(16)14-7-13(3,17)8-15/h4-6,15,17H,7-8H2,1-3H3,(H,14,16). The van der Waals surface area contributed by atoms with Crippen LogP contribution in [-0.2, 0) is 0 Å². The molecule has 0 aromatic heterocycles. The molecule has 0 bridgehead atoms. The van der Waals surface area contributed by atoms with Gasteiger partial charge in [-0.15, -0.1) is 0 Å². The molecule has 1 atom stereocenters. The Morgan fingerprint density at radius 1 is 1.35 bits per heavy atom. The van der Waals surface area contributed by atoms with Gasteiger partial charge < -0.3 is 15.5 Å². The second-order valence-electron chi connectivity index (χ2n) is 4.60. The van der Waals surface area contributed by atoms with Crippen LogP contribution < -0.4 is 5.32 Å². The fraction of sp³-hybridized carbons (Fsp3) is 0.462. The van der Waals surface area contributed by atoms with E-state index < -0.39 is 5.60 Å². The average Bonchev–Trinajstić information content (AvgIpc) is 2.26. The zero-order valence-corrected chi connectivity index (χ0v) is 10.4. The van der Waals surface area contributed by atoms with Crippen molar-refractivity contribution in [3.63, 3.8) is 0 Å². The SMILES string of the molecule is Cc1cccc(C)c1C(=O)NCC(C)(O)CO. The first kappa shape index (κ1) is 13.7. The van der Waals surface area contributed by atoms with Crippen molar-refractivity contribution in [3.8, 4) is 0 Å². The van der Waals surface area contributed by atoms with E-state index in [1.807, 2.05) is 32.0 Å². The monoisotopic (exact) mass is 237 g/mol. The lowest BCUT2D eigenvalue weighted by Crippen LogP contribution is -2.43. The van der Waals surface area contributed by atoms with Crippen molar-refractivity contribution in [2.75, 3.05) is 13.2 Å². The van der Waals surface area contributed by atoms with Crippen LogP contribution in [0.15, 0.2) is 18.2 Å². The number of aryl methyl sites for hydroxylation is 2. The van der Waals surface area contributed by atoms with Crippen molar-refractivity contribution in [2.45, 2.75) is 26.4 Å². The summed E-state index contributed by atoms with van der Waals surface area (Å²) >= 11 is 0. The van der Waals surface area contributed by atoms with E-state index in [2.05, 4.69) is 5.32 Å². The number of carbonyl (C=O) groups is 1. The highest BCUT2D eigenvalue weighted by atomic mass is 16.3. The minimum absolute atomic E-state index is 0.0239. The van der Waals surface area contributed by atoms with E-state index in [9.17, 15) is 9.90 Å². The molecular weight excluding hydrogens is 218 g/mol. The Kier molecular flexibility index (Phi) is 4.26. The van der Waals surface area contributed by atoms with Gasteiger partial charge in [-0.05, 0) is 31.9 Å². The first-order valence-corrected chi connectivity index (χ1v) is 5.55. The van der Waals surface area contributed by atoms with Crippen LogP contribution in [0.4, 0.5) is 0 Å². The van der Waals surface area contributed by atoms with E-state index in [1.165, 1.54) is 6.92 Å². The van der Waals surface area contributed by atoms with Gasteiger partial charge in [0.25, 0.3) is 5.91 Å². The first-order valence-electron chi connectivity index (χ1n) is 5.55. The summed E-state index contributed by atoms with van der Waals surface area (Å²) < 4.78 is 0. The third-order valence-electron chi connectivity index (χ3n) is 2.68. The van der Waals surface area contributed by atoms with Crippen LogP contribution in [-0.4, -0.2) is 34.9 Å². The molecule has 0 fully saturated rings. The first-order chi connectivity index (χ1) is 7.87. The lowest BCUT2D eigenvalue weighted by Gasteiger charge is -2.21. The summed E-state index contributed by atoms with van der Waals surface area (Å²) in [7, 11) is 0. The van der Waals surface area contributed by atoms with Gasteiger partial charge in [0.05, 0.1) is 6.61 Å². The molecule has 3 N–H and O–H groups in total. The van der Waals surface area contributed by atoms with Crippen LogP contribution in [0.2, 0.25) is 0 Å². The zero-order chi connectivity index (χ0) is 13.1. The Bertz CT molecular complexity index is 393. The zero-order valence-electron chi connectivity index (χ0n) is 10.4. The minimum Gasteiger partial charge on any atom is -0.393 e. The van der Waals surface area contributed by atoms with E-state index in [-0.39, 0.29) is 19.1 Å². The van der Waals surface area contributed by atoms with Gasteiger partial charge in [-0.2, -0.15) is 0 Å². The maximum atomic E-state index is 11.9. The summed E-state index contributed by atoms with van der Waals surface area (Å²) in [6.07, 6.45) is 0. The number of nitrogens with one attached hydrogen (secondary N) is 1. The third kappa shape index (κ3) is 3.54. The topological polar surface area (TPSA) is 69.6 Å². The fourth-order valence-electron chi connectivity index (χ4n) is 1.59. The molecule has 0 radical (unpaired) electrons. The van der Waals surface area contributed by atoms with Gasteiger partial charge in [0.2, 0.25) is 0 Å². The predicted octanol–water partition coefficient (Wildman–Crippen LogP) is 0.777.